The molecule has 0 aliphatic carbocycles. The number of rotatable bonds is 2. The zero-order valence-corrected chi connectivity index (χ0v) is 12.2. The Labute approximate surface area is 120 Å². The molecule has 2 saturated heterocycles. The van der Waals surface area contributed by atoms with Crippen molar-refractivity contribution in [1.29, 1.82) is 0 Å². The van der Waals surface area contributed by atoms with Gasteiger partial charge in [0.25, 0.3) is 0 Å². The summed E-state index contributed by atoms with van der Waals surface area (Å²) in [5.74, 6) is 1.18. The second-order valence-electron chi connectivity index (χ2n) is 6.43. The smallest absolute Gasteiger partial charge is 0.318 e. The highest BCUT2D eigenvalue weighted by Crippen LogP contribution is 2.40. The molecule has 108 valence electrons. The third-order valence-corrected chi connectivity index (χ3v) is 4.89. The van der Waals surface area contributed by atoms with Crippen LogP contribution in [0.5, 0.6) is 0 Å². The first kappa shape index (κ1) is 13.4. The van der Waals surface area contributed by atoms with Gasteiger partial charge in [0.15, 0.2) is 0 Å². The molecule has 0 bridgehead atoms. The number of nitrogens with one attached hydrogen (secondary N) is 2. The van der Waals surface area contributed by atoms with Gasteiger partial charge >= 0.3 is 6.03 Å². The van der Waals surface area contributed by atoms with Gasteiger partial charge in [-0.05, 0) is 31.2 Å². The molecule has 2 aliphatic rings. The molecule has 0 radical (unpaired) electrons. The van der Waals surface area contributed by atoms with Crippen molar-refractivity contribution in [3.63, 3.8) is 0 Å². The van der Waals surface area contributed by atoms with E-state index in [9.17, 15) is 4.79 Å². The Kier molecular flexibility index (Phi) is 3.42. The molecular weight excluding hydrogens is 250 g/mol. The normalized spacial score (nSPS) is 27.4. The zero-order valence-electron chi connectivity index (χ0n) is 12.2. The monoisotopic (exact) mass is 273 g/mol. The summed E-state index contributed by atoms with van der Waals surface area (Å²) in [4.78, 5) is 14.5. The maximum absolute atomic E-state index is 12.5. The number of likely N-dealkylation sites (tertiary alicyclic amines) is 1. The van der Waals surface area contributed by atoms with Gasteiger partial charge in [-0.15, -0.1) is 0 Å². The van der Waals surface area contributed by atoms with Gasteiger partial charge in [-0.25, -0.2) is 4.79 Å². The van der Waals surface area contributed by atoms with Crippen LogP contribution < -0.4 is 10.6 Å². The fourth-order valence-corrected chi connectivity index (χ4v) is 3.64. The Morgan fingerprint density at radius 1 is 1.35 bits per heavy atom. The van der Waals surface area contributed by atoms with Gasteiger partial charge in [-0.3, -0.25) is 0 Å². The molecule has 0 saturated carbocycles. The Balaban J connectivity index is 1.63. The van der Waals surface area contributed by atoms with Crippen molar-refractivity contribution in [2.45, 2.75) is 25.9 Å². The Bertz CT molecular complexity index is 486. The van der Waals surface area contributed by atoms with Gasteiger partial charge in [-0.1, -0.05) is 30.3 Å². The van der Waals surface area contributed by atoms with Gasteiger partial charge in [0.05, 0.1) is 0 Å². The number of fused-ring (bicyclic) bond motifs is 1. The number of carbonyl (C=O) groups is 1. The molecule has 2 N–H and O–H groups in total. The van der Waals surface area contributed by atoms with Crippen LogP contribution >= 0.6 is 0 Å². The van der Waals surface area contributed by atoms with Crippen molar-refractivity contribution < 1.29 is 4.79 Å². The molecule has 1 aromatic carbocycles. The second kappa shape index (κ2) is 5.09. The molecule has 4 nitrogen and oxygen atoms in total. The second-order valence-corrected chi connectivity index (χ2v) is 6.43. The lowest BCUT2D eigenvalue weighted by molar-refractivity contribution is 0.146. The number of hydrogen-bond donors (Lipinski definition) is 2. The van der Waals surface area contributed by atoms with Gasteiger partial charge in [0, 0.05) is 31.7 Å². The van der Waals surface area contributed by atoms with E-state index in [1.54, 1.807) is 0 Å². The number of hydrogen-bond acceptors (Lipinski definition) is 2. The van der Waals surface area contributed by atoms with Crippen molar-refractivity contribution in [2.75, 3.05) is 19.6 Å². The van der Waals surface area contributed by atoms with E-state index in [2.05, 4.69) is 24.5 Å². The summed E-state index contributed by atoms with van der Waals surface area (Å²) in [7, 11) is 0. The molecule has 2 amide bonds. The third kappa shape index (κ3) is 2.29. The van der Waals surface area contributed by atoms with Crippen LogP contribution in [-0.4, -0.2) is 36.1 Å². The molecule has 2 fully saturated rings. The average Bonchev–Trinajstić information content (AvgIpc) is 3.00. The average molecular weight is 273 g/mol. The van der Waals surface area contributed by atoms with E-state index in [0.717, 1.165) is 25.2 Å². The van der Waals surface area contributed by atoms with Crippen LogP contribution in [0, 0.1) is 11.8 Å². The van der Waals surface area contributed by atoms with Crippen molar-refractivity contribution in [3.05, 3.63) is 35.9 Å². The number of amides is 2. The molecule has 20 heavy (non-hydrogen) atoms. The highest BCUT2D eigenvalue weighted by molar-refractivity contribution is 5.75. The molecule has 2 aliphatic heterocycles. The quantitative estimate of drug-likeness (QED) is 0.863. The largest absolute Gasteiger partial charge is 0.334 e. The molecule has 0 aromatic heterocycles. The summed E-state index contributed by atoms with van der Waals surface area (Å²) < 4.78 is 0. The molecule has 2 unspecified atom stereocenters. The highest BCUT2D eigenvalue weighted by Gasteiger charge is 2.51. The van der Waals surface area contributed by atoms with Crippen molar-refractivity contribution in [3.8, 4) is 0 Å². The molecule has 2 heterocycles. The lowest BCUT2D eigenvalue weighted by atomic mass is 9.85. The molecule has 2 atom stereocenters. The maximum Gasteiger partial charge on any atom is 0.318 e. The topological polar surface area (TPSA) is 44.4 Å². The molecule has 3 rings (SSSR count). The van der Waals surface area contributed by atoms with Crippen LogP contribution in [0.25, 0.3) is 0 Å². The molecular formula is C16H23N3O. The van der Waals surface area contributed by atoms with E-state index in [1.165, 1.54) is 0 Å². The minimum atomic E-state index is -0.0606. The summed E-state index contributed by atoms with van der Waals surface area (Å²) in [6.45, 7) is 7.90. The summed E-state index contributed by atoms with van der Waals surface area (Å²) in [6, 6.07) is 10.1. The van der Waals surface area contributed by atoms with E-state index < -0.39 is 0 Å². The van der Waals surface area contributed by atoms with Gasteiger partial charge < -0.3 is 15.5 Å². The number of carbonyl (C=O) groups excluding carboxylic acids is 1. The van der Waals surface area contributed by atoms with Gasteiger partial charge in [0.1, 0.15) is 0 Å². The number of urea groups is 1. The Hall–Kier alpha value is -1.55. The van der Waals surface area contributed by atoms with Crippen molar-refractivity contribution >= 4 is 6.03 Å². The predicted octanol–water partition coefficient (Wildman–Crippen LogP) is 1.83. The zero-order chi connectivity index (χ0) is 14.2. The van der Waals surface area contributed by atoms with E-state index in [0.29, 0.717) is 18.4 Å². The van der Waals surface area contributed by atoms with E-state index >= 15 is 0 Å². The van der Waals surface area contributed by atoms with E-state index in [-0.39, 0.29) is 11.6 Å². The van der Waals surface area contributed by atoms with Gasteiger partial charge in [-0.2, -0.15) is 0 Å². The molecule has 4 heteroatoms. The highest BCUT2D eigenvalue weighted by atomic mass is 16.2. The molecule has 1 aromatic rings. The summed E-state index contributed by atoms with van der Waals surface area (Å²) in [5, 5.41) is 6.49. The minimum Gasteiger partial charge on any atom is -0.334 e. The standard InChI is InChI=1S/C16H23N3O/c1-16(2)14-10-17-9-13(14)11-19(16)15(20)18-8-12-6-4-3-5-7-12/h3-7,13-14,17H,8-11H2,1-2H3,(H,18,20). The molecule has 0 spiro atoms. The predicted molar refractivity (Wildman–Crippen MR) is 79.3 cm³/mol. The van der Waals surface area contributed by atoms with Gasteiger partial charge in [0.2, 0.25) is 0 Å². The minimum absolute atomic E-state index is 0.0606. The van der Waals surface area contributed by atoms with Crippen LogP contribution in [0.2, 0.25) is 0 Å². The lowest BCUT2D eigenvalue weighted by Crippen LogP contribution is -2.51. The number of benzene rings is 1. The first-order valence-electron chi connectivity index (χ1n) is 7.39. The van der Waals surface area contributed by atoms with Crippen LogP contribution in [0.4, 0.5) is 4.79 Å². The fraction of sp³-hybridized carbons (Fsp3) is 0.562. The van der Waals surface area contributed by atoms with Crippen LogP contribution in [0.1, 0.15) is 19.4 Å². The SMILES string of the molecule is CC1(C)C2CNCC2CN1C(=O)NCc1ccccc1. The fourth-order valence-electron chi connectivity index (χ4n) is 3.64. The summed E-state index contributed by atoms with van der Waals surface area (Å²) in [6.07, 6.45) is 0. The van der Waals surface area contributed by atoms with Crippen LogP contribution in [0.15, 0.2) is 30.3 Å². The van der Waals surface area contributed by atoms with Crippen molar-refractivity contribution in [2.24, 2.45) is 11.8 Å². The number of nitrogens with zero attached hydrogens (tertiary/aromatic N) is 1. The first-order valence-corrected chi connectivity index (χ1v) is 7.39. The van der Waals surface area contributed by atoms with Crippen molar-refractivity contribution in [1.82, 2.24) is 15.5 Å². The maximum atomic E-state index is 12.5. The lowest BCUT2D eigenvalue weighted by Gasteiger charge is -2.35. The van der Waals surface area contributed by atoms with E-state index in [4.69, 9.17) is 0 Å². The Morgan fingerprint density at radius 3 is 2.80 bits per heavy atom. The first-order chi connectivity index (χ1) is 9.59. The van der Waals surface area contributed by atoms with Crippen LogP contribution in [0.3, 0.4) is 0 Å². The third-order valence-electron chi connectivity index (χ3n) is 4.89. The summed E-state index contributed by atoms with van der Waals surface area (Å²) in [5.41, 5.74) is 1.08. The van der Waals surface area contributed by atoms with Crippen LogP contribution in [-0.2, 0) is 6.54 Å². The summed E-state index contributed by atoms with van der Waals surface area (Å²) >= 11 is 0. The van der Waals surface area contributed by atoms with E-state index in [1.807, 2.05) is 35.2 Å². The Morgan fingerprint density at radius 2 is 2.10 bits per heavy atom.